The van der Waals surface area contributed by atoms with Crippen LogP contribution in [0.25, 0.3) is 0 Å². The molecule has 0 aromatic carbocycles. The van der Waals surface area contributed by atoms with Crippen LogP contribution in [-0.4, -0.2) is 56.2 Å². The summed E-state index contributed by atoms with van der Waals surface area (Å²) < 4.78 is 0. The first-order valence-electron chi connectivity index (χ1n) is 26.7. The molecule has 0 bridgehead atoms. The summed E-state index contributed by atoms with van der Waals surface area (Å²) in [6.07, 6.45) is 48.1. The van der Waals surface area contributed by atoms with E-state index in [-0.39, 0.29) is 25.4 Å². The van der Waals surface area contributed by atoms with Crippen LogP contribution >= 0.6 is 0 Å². The number of carboxylic acids is 3. The average molecular weight is 867 g/mol. The fourth-order valence-corrected chi connectivity index (χ4v) is 9.68. The first kappa shape index (κ1) is 59.3. The molecule has 61 heavy (non-hydrogen) atoms. The second-order valence-corrected chi connectivity index (χ2v) is 19.2. The second-order valence-electron chi connectivity index (χ2n) is 19.2. The normalized spacial score (nSPS) is 12.8. The molecular weight excluding hydrogens is 765 g/mol. The van der Waals surface area contributed by atoms with Gasteiger partial charge in [0.1, 0.15) is 0 Å². The fourth-order valence-electron chi connectivity index (χ4n) is 9.68. The Balaban J connectivity index is 4.92. The van der Waals surface area contributed by atoms with Gasteiger partial charge in [-0.2, -0.15) is 0 Å². The van der Waals surface area contributed by atoms with E-state index >= 15 is 0 Å². The maximum Gasteiger partial charge on any atom is 0.309 e. The number of unbranched alkanes of at least 4 members (excludes halogenated alkanes) is 36. The van der Waals surface area contributed by atoms with E-state index in [9.17, 15) is 29.7 Å². The Bertz CT molecular complexity index is 926. The molecule has 0 aromatic rings. The second kappa shape index (κ2) is 44.9. The van der Waals surface area contributed by atoms with Gasteiger partial charge in [-0.25, -0.2) is 0 Å². The van der Waals surface area contributed by atoms with Crippen molar-refractivity contribution < 1.29 is 39.9 Å². The standard InChI is InChI=1S/C53H102O8/c1-2-3-4-5-6-7-8-11-16-21-26-31-36-41-48(46-49(55)47-54)53(52(60)61,44-39-34-29-24-19-14-9-12-17-22-27-32-37-42-50(56)57)45-40-35-30-25-20-15-10-13-18-23-28-33-38-43-51(58)59/h48-49,54-55H,2-47H2,1H3,(H,56,57)(H,58,59)(H,60,61). The SMILES string of the molecule is CCCCCCCCCCCCCCCC(CC(O)CO)C(CCCCCCCCCCCCCCCC(=O)O)(CCCCCCCCCCCCCCCC(=O)O)C(=O)O. The van der Waals surface area contributed by atoms with Gasteiger partial charge in [0.25, 0.3) is 0 Å². The van der Waals surface area contributed by atoms with Crippen LogP contribution in [-0.2, 0) is 14.4 Å². The Morgan fingerprint density at radius 1 is 0.393 bits per heavy atom. The lowest BCUT2D eigenvalue weighted by Gasteiger charge is -2.39. The molecule has 0 spiro atoms. The third kappa shape index (κ3) is 38.5. The monoisotopic (exact) mass is 867 g/mol. The molecule has 0 aromatic heterocycles. The number of carbonyl (C=O) groups is 3. The topological polar surface area (TPSA) is 152 Å². The van der Waals surface area contributed by atoms with Crippen molar-refractivity contribution in [2.45, 2.75) is 302 Å². The number of hydrogen-bond acceptors (Lipinski definition) is 5. The summed E-state index contributed by atoms with van der Waals surface area (Å²) in [5.74, 6) is -2.21. The van der Waals surface area contributed by atoms with Gasteiger partial charge < -0.3 is 25.5 Å². The van der Waals surface area contributed by atoms with E-state index in [2.05, 4.69) is 6.92 Å². The van der Waals surface area contributed by atoms with Gasteiger partial charge in [0, 0.05) is 12.8 Å². The minimum absolute atomic E-state index is 0.130. The van der Waals surface area contributed by atoms with Gasteiger partial charge >= 0.3 is 17.9 Å². The van der Waals surface area contributed by atoms with Crippen LogP contribution < -0.4 is 0 Å². The first-order valence-corrected chi connectivity index (χ1v) is 26.7. The lowest BCUT2D eigenvalue weighted by molar-refractivity contribution is -0.156. The van der Waals surface area contributed by atoms with Crippen LogP contribution in [0, 0.1) is 11.3 Å². The molecule has 2 unspecified atom stereocenters. The van der Waals surface area contributed by atoms with E-state index in [0.29, 0.717) is 19.3 Å². The molecule has 0 amide bonds. The van der Waals surface area contributed by atoms with E-state index in [0.717, 1.165) is 96.3 Å². The first-order chi connectivity index (χ1) is 29.7. The van der Waals surface area contributed by atoms with Crippen molar-refractivity contribution in [3.8, 4) is 0 Å². The number of hydrogen-bond donors (Lipinski definition) is 5. The predicted octanol–water partition coefficient (Wildman–Crippen LogP) is 15.8. The van der Waals surface area contributed by atoms with Crippen LogP contribution in [0.1, 0.15) is 296 Å². The highest BCUT2D eigenvalue weighted by Crippen LogP contribution is 2.45. The number of carboxylic acid groups (broad SMARTS) is 3. The largest absolute Gasteiger partial charge is 0.481 e. The average Bonchev–Trinajstić information content (AvgIpc) is 3.23. The summed E-state index contributed by atoms with van der Waals surface area (Å²) >= 11 is 0. The summed E-state index contributed by atoms with van der Waals surface area (Å²) in [5.41, 5.74) is -0.853. The quantitative estimate of drug-likeness (QED) is 0.0379. The minimum Gasteiger partial charge on any atom is -0.481 e. The van der Waals surface area contributed by atoms with Gasteiger partial charge in [-0.3, -0.25) is 14.4 Å². The van der Waals surface area contributed by atoms with Gasteiger partial charge in [0.2, 0.25) is 0 Å². The third-order valence-corrected chi connectivity index (χ3v) is 13.7. The molecule has 0 rings (SSSR count). The Labute approximate surface area is 376 Å². The van der Waals surface area contributed by atoms with Crippen molar-refractivity contribution in [2.24, 2.45) is 11.3 Å². The highest BCUT2D eigenvalue weighted by atomic mass is 16.4. The number of aliphatic hydroxyl groups is 2. The van der Waals surface area contributed by atoms with E-state index < -0.39 is 29.4 Å². The van der Waals surface area contributed by atoms with Crippen LogP contribution in [0.2, 0.25) is 0 Å². The Morgan fingerprint density at radius 2 is 0.656 bits per heavy atom. The van der Waals surface area contributed by atoms with E-state index in [1.165, 1.54) is 161 Å². The van der Waals surface area contributed by atoms with Gasteiger partial charge in [-0.05, 0) is 44.4 Å². The number of aliphatic hydroxyl groups excluding tert-OH is 2. The zero-order valence-corrected chi connectivity index (χ0v) is 40.1. The Hall–Kier alpha value is -1.67. The Kier molecular flexibility index (Phi) is 43.7. The van der Waals surface area contributed by atoms with Crippen LogP contribution in [0.4, 0.5) is 0 Å². The molecule has 0 radical (unpaired) electrons. The molecule has 5 N–H and O–H groups in total. The molecule has 0 saturated carbocycles. The van der Waals surface area contributed by atoms with Gasteiger partial charge in [0.05, 0.1) is 18.1 Å². The molecule has 362 valence electrons. The minimum atomic E-state index is -0.875. The Morgan fingerprint density at radius 3 is 0.918 bits per heavy atom. The molecule has 0 aliphatic heterocycles. The highest BCUT2D eigenvalue weighted by Gasteiger charge is 2.44. The van der Waals surface area contributed by atoms with Crippen molar-refractivity contribution in [1.29, 1.82) is 0 Å². The van der Waals surface area contributed by atoms with Crippen LogP contribution in [0.15, 0.2) is 0 Å². The molecule has 0 aliphatic rings. The molecule has 0 aliphatic carbocycles. The molecule has 8 heteroatoms. The molecule has 2 atom stereocenters. The van der Waals surface area contributed by atoms with Crippen molar-refractivity contribution in [3.05, 3.63) is 0 Å². The lowest BCUT2D eigenvalue weighted by Crippen LogP contribution is -2.41. The third-order valence-electron chi connectivity index (χ3n) is 13.7. The summed E-state index contributed by atoms with van der Waals surface area (Å²) in [5, 5.41) is 49.2. The lowest BCUT2D eigenvalue weighted by atomic mass is 9.65. The van der Waals surface area contributed by atoms with Crippen molar-refractivity contribution in [1.82, 2.24) is 0 Å². The summed E-state index contributed by atoms with van der Waals surface area (Å²) in [4.78, 5) is 34.8. The molecular formula is C53H102O8. The van der Waals surface area contributed by atoms with Gasteiger partial charge in [0.15, 0.2) is 0 Å². The van der Waals surface area contributed by atoms with Crippen molar-refractivity contribution in [3.63, 3.8) is 0 Å². The number of rotatable bonds is 51. The molecule has 0 fully saturated rings. The van der Waals surface area contributed by atoms with Crippen molar-refractivity contribution >= 4 is 17.9 Å². The van der Waals surface area contributed by atoms with E-state index in [4.69, 9.17) is 10.2 Å². The van der Waals surface area contributed by atoms with Gasteiger partial charge in [-0.15, -0.1) is 0 Å². The van der Waals surface area contributed by atoms with E-state index in [1.807, 2.05) is 0 Å². The molecule has 0 saturated heterocycles. The van der Waals surface area contributed by atoms with E-state index in [1.54, 1.807) is 0 Å². The summed E-state index contributed by atoms with van der Waals surface area (Å²) in [6, 6.07) is 0. The predicted molar refractivity (Wildman–Crippen MR) is 255 cm³/mol. The zero-order chi connectivity index (χ0) is 44.9. The van der Waals surface area contributed by atoms with Crippen molar-refractivity contribution in [2.75, 3.05) is 6.61 Å². The zero-order valence-electron chi connectivity index (χ0n) is 40.1. The number of aliphatic carboxylic acids is 3. The molecule has 8 nitrogen and oxygen atoms in total. The smallest absolute Gasteiger partial charge is 0.309 e. The van der Waals surface area contributed by atoms with Crippen LogP contribution in [0.3, 0.4) is 0 Å². The maximum atomic E-state index is 13.5. The summed E-state index contributed by atoms with van der Waals surface area (Å²) in [7, 11) is 0. The maximum absolute atomic E-state index is 13.5. The van der Waals surface area contributed by atoms with Gasteiger partial charge in [-0.1, -0.05) is 244 Å². The molecule has 0 heterocycles. The van der Waals surface area contributed by atoms with Crippen LogP contribution in [0.5, 0.6) is 0 Å². The highest BCUT2D eigenvalue weighted by molar-refractivity contribution is 5.75. The fraction of sp³-hybridized carbons (Fsp3) is 0.943. The summed E-state index contributed by atoms with van der Waals surface area (Å²) in [6.45, 7) is 1.95.